The highest BCUT2D eigenvalue weighted by atomic mass is 19.1. The van der Waals surface area contributed by atoms with E-state index in [1.165, 1.54) is 4.57 Å². The summed E-state index contributed by atoms with van der Waals surface area (Å²) in [5.74, 6) is -1.70. The number of benzene rings is 2. The molecule has 160 valence electrons. The van der Waals surface area contributed by atoms with Gasteiger partial charge in [-0.3, -0.25) is 19.1 Å². The number of amides is 1. The second-order valence-corrected chi connectivity index (χ2v) is 7.41. The van der Waals surface area contributed by atoms with Gasteiger partial charge in [0.05, 0.1) is 16.9 Å². The van der Waals surface area contributed by atoms with Crippen LogP contribution in [-0.4, -0.2) is 33.4 Å². The van der Waals surface area contributed by atoms with E-state index in [2.05, 4.69) is 10.2 Å². The maximum atomic E-state index is 13.9. The van der Waals surface area contributed by atoms with Gasteiger partial charge in [-0.25, -0.2) is 13.8 Å². The third-order valence-corrected chi connectivity index (χ3v) is 5.38. The lowest BCUT2D eigenvalue weighted by atomic mass is 10.1. The number of carbonyl (C=O) groups is 1. The van der Waals surface area contributed by atoms with E-state index in [-0.39, 0.29) is 17.8 Å². The summed E-state index contributed by atoms with van der Waals surface area (Å²) in [4.78, 5) is 32.9. The summed E-state index contributed by atoms with van der Waals surface area (Å²) >= 11 is 0. The number of anilines is 1. The standard InChI is InChI=1S/C23H22F2N4O2/c1-2-28-11-10-19-17(13-28)23(31)29(22(27-19)15-6-4-3-5-7-15)14-21(30)26-20-12-16(24)8-9-18(20)25/h3-9,12H,2,10-11,13-14H2,1H3,(H,26,30). The summed E-state index contributed by atoms with van der Waals surface area (Å²) in [5.41, 5.74) is 1.43. The Morgan fingerprint density at radius 1 is 1.16 bits per heavy atom. The molecule has 1 amide bonds. The maximum Gasteiger partial charge on any atom is 0.259 e. The summed E-state index contributed by atoms with van der Waals surface area (Å²) in [7, 11) is 0. The van der Waals surface area contributed by atoms with Crippen LogP contribution in [-0.2, 0) is 24.3 Å². The monoisotopic (exact) mass is 424 g/mol. The van der Waals surface area contributed by atoms with E-state index >= 15 is 0 Å². The van der Waals surface area contributed by atoms with Crippen LogP contribution in [0, 0.1) is 11.6 Å². The van der Waals surface area contributed by atoms with Gasteiger partial charge >= 0.3 is 0 Å². The van der Waals surface area contributed by atoms with Crippen molar-refractivity contribution in [1.29, 1.82) is 0 Å². The molecular formula is C23H22F2N4O2. The molecule has 0 bridgehead atoms. The number of hydrogen-bond acceptors (Lipinski definition) is 4. The first-order chi connectivity index (χ1) is 15.0. The van der Waals surface area contributed by atoms with Crippen LogP contribution in [0.15, 0.2) is 53.3 Å². The smallest absolute Gasteiger partial charge is 0.259 e. The van der Waals surface area contributed by atoms with Gasteiger partial charge in [-0.15, -0.1) is 0 Å². The Morgan fingerprint density at radius 2 is 1.94 bits per heavy atom. The molecule has 0 atom stereocenters. The summed E-state index contributed by atoms with van der Waals surface area (Å²) in [6, 6.07) is 11.9. The number of halogens is 2. The van der Waals surface area contributed by atoms with Crippen LogP contribution >= 0.6 is 0 Å². The highest BCUT2D eigenvalue weighted by Gasteiger charge is 2.24. The predicted molar refractivity (Wildman–Crippen MR) is 114 cm³/mol. The van der Waals surface area contributed by atoms with Crippen molar-refractivity contribution in [3.8, 4) is 11.4 Å². The molecule has 1 aliphatic heterocycles. The van der Waals surface area contributed by atoms with Crippen molar-refractivity contribution in [3.63, 3.8) is 0 Å². The number of aromatic nitrogens is 2. The molecule has 4 rings (SSSR count). The molecule has 0 aliphatic carbocycles. The molecule has 2 aromatic carbocycles. The average molecular weight is 424 g/mol. The molecule has 6 nitrogen and oxygen atoms in total. The number of carbonyl (C=O) groups excluding carboxylic acids is 1. The van der Waals surface area contributed by atoms with E-state index in [4.69, 9.17) is 4.98 Å². The number of likely N-dealkylation sites (N-methyl/N-ethyl adjacent to an activating group) is 1. The molecule has 0 spiro atoms. The summed E-state index contributed by atoms with van der Waals surface area (Å²) in [6.07, 6.45) is 0.653. The zero-order valence-electron chi connectivity index (χ0n) is 17.1. The van der Waals surface area contributed by atoms with Gasteiger partial charge in [-0.1, -0.05) is 37.3 Å². The molecule has 0 saturated carbocycles. The minimum atomic E-state index is -0.757. The van der Waals surface area contributed by atoms with Crippen LogP contribution in [0.25, 0.3) is 11.4 Å². The number of nitrogens with one attached hydrogen (secondary N) is 1. The fourth-order valence-corrected chi connectivity index (χ4v) is 3.72. The topological polar surface area (TPSA) is 67.2 Å². The largest absolute Gasteiger partial charge is 0.322 e. The molecule has 0 fully saturated rings. The lowest BCUT2D eigenvalue weighted by Gasteiger charge is -2.27. The Morgan fingerprint density at radius 3 is 2.68 bits per heavy atom. The number of rotatable bonds is 5. The summed E-state index contributed by atoms with van der Waals surface area (Å²) in [6.45, 7) is 3.74. The van der Waals surface area contributed by atoms with E-state index in [0.717, 1.165) is 37.0 Å². The highest BCUT2D eigenvalue weighted by molar-refractivity contribution is 5.91. The van der Waals surface area contributed by atoms with Crippen molar-refractivity contribution in [2.24, 2.45) is 0 Å². The van der Waals surface area contributed by atoms with Crippen molar-refractivity contribution in [3.05, 3.63) is 81.8 Å². The molecule has 0 radical (unpaired) electrons. The molecule has 1 aliphatic rings. The van der Waals surface area contributed by atoms with Crippen LogP contribution < -0.4 is 10.9 Å². The second-order valence-electron chi connectivity index (χ2n) is 7.41. The maximum absolute atomic E-state index is 13.9. The van der Waals surface area contributed by atoms with Crippen LogP contribution in [0.5, 0.6) is 0 Å². The van der Waals surface area contributed by atoms with Crippen molar-refractivity contribution >= 4 is 11.6 Å². The van der Waals surface area contributed by atoms with Gasteiger partial charge in [-0.2, -0.15) is 0 Å². The zero-order chi connectivity index (χ0) is 22.0. The first kappa shape index (κ1) is 20.9. The Balaban J connectivity index is 1.73. The van der Waals surface area contributed by atoms with Crippen LogP contribution in [0.2, 0.25) is 0 Å². The molecule has 0 saturated heterocycles. The molecule has 3 aromatic rings. The van der Waals surface area contributed by atoms with Crippen LogP contribution in [0.3, 0.4) is 0 Å². The Labute approximate surface area is 178 Å². The van der Waals surface area contributed by atoms with Crippen molar-refractivity contribution in [2.75, 3.05) is 18.4 Å². The van der Waals surface area contributed by atoms with Crippen molar-refractivity contribution in [2.45, 2.75) is 26.4 Å². The van der Waals surface area contributed by atoms with Crippen molar-refractivity contribution < 1.29 is 13.6 Å². The summed E-state index contributed by atoms with van der Waals surface area (Å²) in [5, 5.41) is 2.35. The van der Waals surface area contributed by atoms with Gasteiger partial charge in [-0.05, 0) is 18.7 Å². The SMILES string of the molecule is CCN1CCc2nc(-c3ccccc3)n(CC(=O)Nc3cc(F)ccc3F)c(=O)c2C1. The first-order valence-electron chi connectivity index (χ1n) is 10.1. The van der Waals surface area contributed by atoms with E-state index in [1.54, 1.807) is 0 Å². The molecule has 8 heteroatoms. The van der Waals surface area contributed by atoms with E-state index in [0.29, 0.717) is 29.9 Å². The Hall–Kier alpha value is -3.39. The summed E-state index contributed by atoms with van der Waals surface area (Å²) < 4.78 is 28.7. The normalized spacial score (nSPS) is 13.6. The molecule has 1 N–H and O–H groups in total. The van der Waals surface area contributed by atoms with Gasteiger partial charge < -0.3 is 5.32 Å². The molecule has 2 heterocycles. The Bertz CT molecular complexity index is 1180. The van der Waals surface area contributed by atoms with Gasteiger partial charge in [0.2, 0.25) is 5.91 Å². The van der Waals surface area contributed by atoms with Gasteiger partial charge in [0, 0.05) is 31.1 Å². The van der Waals surface area contributed by atoms with Crippen molar-refractivity contribution in [1.82, 2.24) is 14.5 Å². The fraction of sp³-hybridized carbons (Fsp3) is 0.261. The minimum Gasteiger partial charge on any atom is -0.322 e. The lowest BCUT2D eigenvalue weighted by molar-refractivity contribution is -0.116. The van der Waals surface area contributed by atoms with Gasteiger partial charge in [0.1, 0.15) is 24.0 Å². The van der Waals surface area contributed by atoms with Crippen LogP contribution in [0.1, 0.15) is 18.2 Å². The highest BCUT2D eigenvalue weighted by Crippen LogP contribution is 2.21. The Kier molecular flexibility index (Phi) is 5.90. The fourth-order valence-electron chi connectivity index (χ4n) is 3.72. The van der Waals surface area contributed by atoms with E-state index < -0.39 is 17.5 Å². The molecular weight excluding hydrogens is 402 g/mol. The zero-order valence-corrected chi connectivity index (χ0v) is 17.1. The van der Waals surface area contributed by atoms with Crippen LogP contribution in [0.4, 0.5) is 14.5 Å². The number of fused-ring (bicyclic) bond motifs is 1. The first-order valence-corrected chi connectivity index (χ1v) is 10.1. The van der Waals surface area contributed by atoms with Gasteiger partial charge in [0.25, 0.3) is 5.56 Å². The minimum absolute atomic E-state index is 0.276. The molecule has 31 heavy (non-hydrogen) atoms. The average Bonchev–Trinajstić information content (AvgIpc) is 2.78. The number of nitrogens with zero attached hydrogens (tertiary/aromatic N) is 3. The van der Waals surface area contributed by atoms with E-state index in [9.17, 15) is 18.4 Å². The lowest BCUT2D eigenvalue weighted by Crippen LogP contribution is -2.39. The third-order valence-electron chi connectivity index (χ3n) is 5.38. The predicted octanol–water partition coefficient (Wildman–Crippen LogP) is 3.21. The quantitative estimate of drug-likeness (QED) is 0.683. The van der Waals surface area contributed by atoms with Gasteiger partial charge in [0.15, 0.2) is 0 Å². The second kappa shape index (κ2) is 8.77. The molecule has 1 aromatic heterocycles. The molecule has 0 unspecified atom stereocenters. The van der Waals surface area contributed by atoms with E-state index in [1.807, 2.05) is 37.3 Å². The third kappa shape index (κ3) is 4.39. The number of hydrogen-bond donors (Lipinski definition) is 1.